The molecule has 1 aromatic carbocycles. The van der Waals surface area contributed by atoms with Gasteiger partial charge in [0, 0.05) is 6.54 Å². The highest BCUT2D eigenvalue weighted by Crippen LogP contribution is 2.13. The number of carbonyl (C=O) groups excluding carboxylic acids is 1. The summed E-state index contributed by atoms with van der Waals surface area (Å²) in [4.78, 5) is 11.5. The molecule has 0 saturated carbocycles. The molecule has 3 heteroatoms. The quantitative estimate of drug-likeness (QED) is 0.770. The zero-order chi connectivity index (χ0) is 12.0. The highest BCUT2D eigenvalue weighted by Gasteiger charge is 2.12. The Morgan fingerprint density at radius 2 is 2.12 bits per heavy atom. The third-order valence-electron chi connectivity index (χ3n) is 2.12. The van der Waals surface area contributed by atoms with E-state index in [0.717, 1.165) is 5.56 Å². The lowest BCUT2D eigenvalue weighted by molar-refractivity contribution is -0.127. The third-order valence-corrected chi connectivity index (χ3v) is 2.12. The minimum Gasteiger partial charge on any atom is -0.481 e. The van der Waals surface area contributed by atoms with Crippen LogP contribution < -0.4 is 10.1 Å². The van der Waals surface area contributed by atoms with Gasteiger partial charge >= 0.3 is 0 Å². The average Bonchev–Trinajstić information content (AvgIpc) is 2.29. The summed E-state index contributed by atoms with van der Waals surface area (Å²) < 4.78 is 5.48. The van der Waals surface area contributed by atoms with E-state index in [0.29, 0.717) is 12.3 Å². The van der Waals surface area contributed by atoms with Gasteiger partial charge in [0.05, 0.1) is 0 Å². The third kappa shape index (κ3) is 3.77. The Hall–Kier alpha value is -1.77. The second kappa shape index (κ2) is 5.95. The molecular formula is C13H17NO2. The average molecular weight is 219 g/mol. The maximum absolute atomic E-state index is 11.5. The molecule has 0 heterocycles. The lowest BCUT2D eigenvalue weighted by Gasteiger charge is -2.14. The molecule has 1 rings (SSSR count). The van der Waals surface area contributed by atoms with Crippen LogP contribution in [0.25, 0.3) is 0 Å². The Morgan fingerprint density at radius 3 is 2.69 bits per heavy atom. The predicted octanol–water partition coefficient (Wildman–Crippen LogP) is 2.06. The molecular weight excluding hydrogens is 202 g/mol. The Labute approximate surface area is 96.1 Å². The summed E-state index contributed by atoms with van der Waals surface area (Å²) in [6.45, 7) is 7.71. The van der Waals surface area contributed by atoms with Crippen molar-refractivity contribution in [3.05, 3.63) is 42.5 Å². The summed E-state index contributed by atoms with van der Waals surface area (Å²) in [7, 11) is 0. The number of amides is 1. The Balaban J connectivity index is 2.50. The molecule has 0 aliphatic heterocycles. The van der Waals surface area contributed by atoms with Crippen LogP contribution in [0.3, 0.4) is 0 Å². The largest absolute Gasteiger partial charge is 0.481 e. The van der Waals surface area contributed by atoms with E-state index >= 15 is 0 Å². The van der Waals surface area contributed by atoms with Crippen molar-refractivity contribution in [2.24, 2.45) is 0 Å². The lowest BCUT2D eigenvalue weighted by atomic mass is 10.2. The molecule has 1 amide bonds. The molecule has 1 atom stereocenters. The maximum atomic E-state index is 11.5. The van der Waals surface area contributed by atoms with Crippen LogP contribution in [0.4, 0.5) is 0 Å². The minimum atomic E-state index is -0.498. The molecule has 0 aromatic heterocycles. The fourth-order valence-electron chi connectivity index (χ4n) is 1.19. The fourth-order valence-corrected chi connectivity index (χ4v) is 1.19. The molecule has 1 aromatic rings. The van der Waals surface area contributed by atoms with Crippen molar-refractivity contribution in [1.29, 1.82) is 0 Å². The molecule has 0 bridgehead atoms. The van der Waals surface area contributed by atoms with Gasteiger partial charge in [0.1, 0.15) is 5.75 Å². The van der Waals surface area contributed by atoms with Gasteiger partial charge in [0.15, 0.2) is 6.10 Å². The Morgan fingerprint density at radius 1 is 1.50 bits per heavy atom. The van der Waals surface area contributed by atoms with E-state index in [9.17, 15) is 4.79 Å². The first-order valence-corrected chi connectivity index (χ1v) is 5.25. The second-order valence-electron chi connectivity index (χ2n) is 3.61. The van der Waals surface area contributed by atoms with Crippen molar-refractivity contribution in [3.8, 4) is 5.75 Å². The predicted molar refractivity (Wildman–Crippen MR) is 64.5 cm³/mol. The summed E-state index contributed by atoms with van der Waals surface area (Å²) in [6.07, 6.45) is 1.14. The number of hydrogen-bond donors (Lipinski definition) is 1. The molecule has 0 saturated heterocycles. The normalized spacial score (nSPS) is 11.6. The van der Waals surface area contributed by atoms with Crippen LogP contribution in [-0.2, 0) is 4.79 Å². The number of nitrogens with one attached hydrogen (secondary N) is 1. The van der Waals surface area contributed by atoms with Crippen LogP contribution in [0.5, 0.6) is 5.75 Å². The van der Waals surface area contributed by atoms with E-state index in [-0.39, 0.29) is 5.91 Å². The molecule has 0 fully saturated rings. The molecule has 16 heavy (non-hydrogen) atoms. The first kappa shape index (κ1) is 12.3. The van der Waals surface area contributed by atoms with Gasteiger partial charge < -0.3 is 10.1 Å². The van der Waals surface area contributed by atoms with Crippen molar-refractivity contribution in [2.75, 3.05) is 6.54 Å². The zero-order valence-corrected chi connectivity index (χ0v) is 9.69. The SMILES string of the molecule is C=CCNC(=O)[C@@H](C)Oc1ccc(C)cc1. The standard InChI is InChI=1S/C13H17NO2/c1-4-9-14-13(15)11(3)16-12-7-5-10(2)6-8-12/h4-8,11H,1,9H2,2-3H3,(H,14,15)/t11-/m1/s1. The zero-order valence-electron chi connectivity index (χ0n) is 9.69. The van der Waals surface area contributed by atoms with E-state index in [1.807, 2.05) is 31.2 Å². The number of ether oxygens (including phenoxy) is 1. The molecule has 0 unspecified atom stereocenters. The highest BCUT2D eigenvalue weighted by molar-refractivity contribution is 5.80. The second-order valence-corrected chi connectivity index (χ2v) is 3.61. The molecule has 0 radical (unpaired) electrons. The van der Waals surface area contributed by atoms with E-state index in [1.165, 1.54) is 0 Å². The molecule has 0 spiro atoms. The molecule has 1 N–H and O–H groups in total. The van der Waals surface area contributed by atoms with Crippen molar-refractivity contribution in [3.63, 3.8) is 0 Å². The number of hydrogen-bond acceptors (Lipinski definition) is 2. The molecule has 3 nitrogen and oxygen atoms in total. The van der Waals surface area contributed by atoms with Gasteiger partial charge in [-0.25, -0.2) is 0 Å². The van der Waals surface area contributed by atoms with Crippen LogP contribution >= 0.6 is 0 Å². The summed E-state index contributed by atoms with van der Waals surface area (Å²) in [5, 5.41) is 2.68. The van der Waals surface area contributed by atoms with Gasteiger partial charge in [-0.3, -0.25) is 4.79 Å². The monoisotopic (exact) mass is 219 g/mol. The van der Waals surface area contributed by atoms with Crippen LogP contribution in [-0.4, -0.2) is 18.6 Å². The van der Waals surface area contributed by atoms with E-state index < -0.39 is 6.10 Å². The Kier molecular flexibility index (Phi) is 4.58. The van der Waals surface area contributed by atoms with E-state index in [4.69, 9.17) is 4.74 Å². The maximum Gasteiger partial charge on any atom is 0.261 e. The van der Waals surface area contributed by atoms with Crippen molar-refractivity contribution >= 4 is 5.91 Å². The van der Waals surface area contributed by atoms with Gasteiger partial charge in [-0.05, 0) is 26.0 Å². The molecule has 86 valence electrons. The van der Waals surface area contributed by atoms with Crippen molar-refractivity contribution in [2.45, 2.75) is 20.0 Å². The summed E-state index contributed by atoms with van der Waals surface area (Å²) in [5.74, 6) is 0.562. The first-order chi connectivity index (χ1) is 7.63. The van der Waals surface area contributed by atoms with E-state index in [1.54, 1.807) is 13.0 Å². The van der Waals surface area contributed by atoms with Crippen molar-refractivity contribution < 1.29 is 9.53 Å². The van der Waals surface area contributed by atoms with Gasteiger partial charge in [-0.2, -0.15) is 0 Å². The number of aryl methyl sites for hydroxylation is 1. The van der Waals surface area contributed by atoms with Crippen LogP contribution in [0.15, 0.2) is 36.9 Å². The number of carbonyl (C=O) groups is 1. The summed E-state index contributed by atoms with van der Waals surface area (Å²) >= 11 is 0. The lowest BCUT2D eigenvalue weighted by Crippen LogP contribution is -2.36. The minimum absolute atomic E-state index is 0.138. The van der Waals surface area contributed by atoms with E-state index in [2.05, 4.69) is 11.9 Å². The first-order valence-electron chi connectivity index (χ1n) is 5.25. The van der Waals surface area contributed by atoms with Crippen LogP contribution in [0.2, 0.25) is 0 Å². The highest BCUT2D eigenvalue weighted by atomic mass is 16.5. The van der Waals surface area contributed by atoms with Crippen molar-refractivity contribution in [1.82, 2.24) is 5.32 Å². The van der Waals surface area contributed by atoms with Gasteiger partial charge in [0.25, 0.3) is 5.91 Å². The van der Waals surface area contributed by atoms with Gasteiger partial charge in [-0.15, -0.1) is 6.58 Å². The number of benzene rings is 1. The fraction of sp³-hybridized carbons (Fsp3) is 0.308. The van der Waals surface area contributed by atoms with Crippen LogP contribution in [0, 0.1) is 6.92 Å². The summed E-state index contributed by atoms with van der Waals surface area (Å²) in [5.41, 5.74) is 1.16. The Bertz CT molecular complexity index is 357. The smallest absolute Gasteiger partial charge is 0.261 e. The van der Waals surface area contributed by atoms with Gasteiger partial charge in [-0.1, -0.05) is 23.8 Å². The van der Waals surface area contributed by atoms with Gasteiger partial charge in [0.2, 0.25) is 0 Å². The molecule has 0 aliphatic carbocycles. The number of rotatable bonds is 5. The molecule has 0 aliphatic rings. The van der Waals surface area contributed by atoms with Crippen LogP contribution in [0.1, 0.15) is 12.5 Å². The topological polar surface area (TPSA) is 38.3 Å². The summed E-state index contributed by atoms with van der Waals surface area (Å²) in [6, 6.07) is 7.60.